The average Bonchev–Trinajstić information content (AvgIpc) is 3.04. The number of carboxylic acid groups (broad SMARTS) is 1. The number of aliphatic carboxylic acids is 1. The Balaban J connectivity index is 3.60. The fraction of sp³-hybridized carbons (Fsp3) is 0.905. The quantitative estimate of drug-likeness (QED) is 0.0411. The summed E-state index contributed by atoms with van der Waals surface area (Å²) in [5.74, 6) is -1.85. The van der Waals surface area contributed by atoms with Gasteiger partial charge in [-0.2, -0.15) is 0 Å². The highest BCUT2D eigenvalue weighted by Gasteiger charge is 2.21. The van der Waals surface area contributed by atoms with Gasteiger partial charge in [-0.15, -0.1) is 0 Å². The molecule has 4 nitrogen and oxygen atoms in total. The van der Waals surface area contributed by atoms with Crippen LogP contribution in [0, 0.1) is 5.92 Å². The van der Waals surface area contributed by atoms with Crippen LogP contribution in [0.25, 0.3) is 0 Å². The van der Waals surface area contributed by atoms with E-state index in [0.29, 0.717) is 13.0 Å². The number of allylic oxidation sites excluding steroid dienone is 2. The Hall–Kier alpha value is -1.32. The summed E-state index contributed by atoms with van der Waals surface area (Å²) in [4.78, 5) is 23.8. The summed E-state index contributed by atoms with van der Waals surface area (Å²) >= 11 is 0. The van der Waals surface area contributed by atoms with Crippen molar-refractivity contribution >= 4 is 11.9 Å². The van der Waals surface area contributed by atoms with Crippen molar-refractivity contribution in [3.63, 3.8) is 0 Å². The van der Waals surface area contributed by atoms with Gasteiger partial charge in [-0.1, -0.05) is 212 Å². The molecule has 46 heavy (non-hydrogen) atoms. The Bertz CT molecular complexity index is 658. The number of unbranched alkanes of at least 4 members (excludes halogenated alkanes) is 30. The molecule has 0 aliphatic heterocycles. The van der Waals surface area contributed by atoms with E-state index >= 15 is 0 Å². The SMILES string of the molecule is CCCCCCCCCCCCCC=CCC(CC(=O)O)C(=O)OCCCCCCCCCCCCCCCCCCCCCC. The number of carboxylic acids is 1. The Kier molecular flexibility index (Phi) is 37.0. The third-order valence-corrected chi connectivity index (χ3v) is 9.56. The van der Waals surface area contributed by atoms with Crippen LogP contribution in [0.2, 0.25) is 0 Å². The van der Waals surface area contributed by atoms with Crippen LogP contribution in [0.5, 0.6) is 0 Å². The van der Waals surface area contributed by atoms with Gasteiger partial charge in [0.15, 0.2) is 0 Å². The van der Waals surface area contributed by atoms with E-state index in [1.165, 1.54) is 186 Å². The van der Waals surface area contributed by atoms with Gasteiger partial charge in [0.2, 0.25) is 0 Å². The summed E-state index contributed by atoms with van der Waals surface area (Å²) < 4.78 is 5.48. The van der Waals surface area contributed by atoms with E-state index in [0.717, 1.165) is 19.3 Å². The molecule has 0 saturated carbocycles. The smallest absolute Gasteiger partial charge is 0.309 e. The maximum absolute atomic E-state index is 12.5. The molecule has 1 N–H and O–H groups in total. The van der Waals surface area contributed by atoms with Gasteiger partial charge in [0, 0.05) is 0 Å². The van der Waals surface area contributed by atoms with E-state index in [2.05, 4.69) is 19.9 Å². The summed E-state index contributed by atoms with van der Waals surface area (Å²) in [6.45, 7) is 4.97. The van der Waals surface area contributed by atoms with Crippen LogP contribution < -0.4 is 0 Å². The first-order valence-corrected chi connectivity index (χ1v) is 20.6. The standard InChI is InChI=1S/C42H80O4/c1-3-5-7-9-11-13-15-17-19-20-21-22-23-24-26-28-30-32-34-36-38-46-42(45)40(39-41(43)44)37-35-33-31-29-27-25-18-16-14-12-10-8-6-4-2/h33,35,40H,3-32,34,36-39H2,1-2H3,(H,43,44). The van der Waals surface area contributed by atoms with Crippen LogP contribution in [0.3, 0.4) is 0 Å². The van der Waals surface area contributed by atoms with Crippen LogP contribution in [0.1, 0.15) is 232 Å². The van der Waals surface area contributed by atoms with Crippen molar-refractivity contribution in [3.05, 3.63) is 12.2 Å². The van der Waals surface area contributed by atoms with Gasteiger partial charge in [0.05, 0.1) is 18.9 Å². The van der Waals surface area contributed by atoms with Gasteiger partial charge in [-0.3, -0.25) is 9.59 Å². The van der Waals surface area contributed by atoms with Gasteiger partial charge in [-0.25, -0.2) is 0 Å². The van der Waals surface area contributed by atoms with Crippen molar-refractivity contribution in [2.45, 2.75) is 232 Å². The fourth-order valence-corrected chi connectivity index (χ4v) is 6.43. The highest BCUT2D eigenvalue weighted by molar-refractivity contribution is 5.79. The molecule has 0 aromatic heterocycles. The van der Waals surface area contributed by atoms with Gasteiger partial charge < -0.3 is 9.84 Å². The molecule has 0 aromatic carbocycles. The van der Waals surface area contributed by atoms with Crippen molar-refractivity contribution in [1.29, 1.82) is 0 Å². The number of carbonyl (C=O) groups excluding carboxylic acids is 1. The summed E-state index contributed by atoms with van der Waals surface area (Å²) in [5, 5.41) is 9.26. The summed E-state index contributed by atoms with van der Waals surface area (Å²) in [6, 6.07) is 0. The first kappa shape index (κ1) is 44.7. The molecule has 0 saturated heterocycles. The van der Waals surface area contributed by atoms with Crippen LogP contribution in [0.4, 0.5) is 0 Å². The summed E-state index contributed by atoms with van der Waals surface area (Å²) in [7, 11) is 0. The normalized spacial score (nSPS) is 12.2. The van der Waals surface area contributed by atoms with Crippen LogP contribution in [0.15, 0.2) is 12.2 Å². The Labute approximate surface area is 287 Å². The zero-order valence-corrected chi connectivity index (χ0v) is 31.2. The molecule has 0 aromatic rings. The molecular formula is C42H80O4. The van der Waals surface area contributed by atoms with E-state index in [9.17, 15) is 14.7 Å². The highest BCUT2D eigenvalue weighted by Crippen LogP contribution is 2.17. The zero-order valence-electron chi connectivity index (χ0n) is 31.2. The Morgan fingerprint density at radius 2 is 0.804 bits per heavy atom. The minimum absolute atomic E-state index is 0.152. The second kappa shape index (κ2) is 38.1. The molecule has 4 heteroatoms. The molecule has 0 bridgehead atoms. The second-order valence-corrected chi connectivity index (χ2v) is 14.2. The number of esters is 1. The van der Waals surface area contributed by atoms with Gasteiger partial charge in [0.25, 0.3) is 0 Å². The number of rotatable bonds is 38. The van der Waals surface area contributed by atoms with Crippen molar-refractivity contribution in [3.8, 4) is 0 Å². The minimum atomic E-state index is -0.931. The average molecular weight is 649 g/mol. The lowest BCUT2D eigenvalue weighted by Gasteiger charge is -2.12. The molecule has 272 valence electrons. The molecule has 0 heterocycles. The van der Waals surface area contributed by atoms with Crippen LogP contribution in [-0.2, 0) is 14.3 Å². The molecule has 0 aliphatic rings. The second-order valence-electron chi connectivity index (χ2n) is 14.2. The van der Waals surface area contributed by atoms with Gasteiger partial charge in [0.1, 0.15) is 0 Å². The third-order valence-electron chi connectivity index (χ3n) is 9.56. The predicted molar refractivity (Wildman–Crippen MR) is 200 cm³/mol. The number of hydrogen-bond acceptors (Lipinski definition) is 3. The number of carbonyl (C=O) groups is 2. The number of ether oxygens (including phenoxy) is 1. The summed E-state index contributed by atoms with van der Waals surface area (Å²) in [6.07, 6.45) is 47.0. The summed E-state index contributed by atoms with van der Waals surface area (Å²) in [5.41, 5.74) is 0. The van der Waals surface area contributed by atoms with Crippen molar-refractivity contribution < 1.29 is 19.4 Å². The molecule has 0 radical (unpaired) electrons. The number of hydrogen-bond donors (Lipinski definition) is 1. The third kappa shape index (κ3) is 35.5. The lowest BCUT2D eigenvalue weighted by Crippen LogP contribution is -2.21. The lowest BCUT2D eigenvalue weighted by atomic mass is 10.0. The first-order valence-electron chi connectivity index (χ1n) is 20.6. The van der Waals surface area contributed by atoms with Crippen molar-refractivity contribution in [2.75, 3.05) is 6.61 Å². The van der Waals surface area contributed by atoms with Crippen molar-refractivity contribution in [2.24, 2.45) is 5.92 Å². The van der Waals surface area contributed by atoms with E-state index in [-0.39, 0.29) is 12.4 Å². The Morgan fingerprint density at radius 3 is 1.15 bits per heavy atom. The van der Waals surface area contributed by atoms with E-state index < -0.39 is 11.9 Å². The molecular weight excluding hydrogens is 568 g/mol. The van der Waals surface area contributed by atoms with E-state index in [1.54, 1.807) is 0 Å². The molecule has 0 fully saturated rings. The Morgan fingerprint density at radius 1 is 0.478 bits per heavy atom. The minimum Gasteiger partial charge on any atom is -0.481 e. The van der Waals surface area contributed by atoms with E-state index in [4.69, 9.17) is 4.74 Å². The molecule has 0 rings (SSSR count). The molecule has 0 amide bonds. The molecule has 0 aliphatic carbocycles. The van der Waals surface area contributed by atoms with Crippen LogP contribution >= 0.6 is 0 Å². The predicted octanol–water partition coefficient (Wildman–Crippen LogP) is 14.1. The molecule has 1 unspecified atom stereocenters. The van der Waals surface area contributed by atoms with Crippen molar-refractivity contribution in [1.82, 2.24) is 0 Å². The monoisotopic (exact) mass is 649 g/mol. The fourth-order valence-electron chi connectivity index (χ4n) is 6.43. The largest absolute Gasteiger partial charge is 0.481 e. The van der Waals surface area contributed by atoms with Gasteiger partial charge >= 0.3 is 11.9 Å². The van der Waals surface area contributed by atoms with Gasteiger partial charge in [-0.05, 0) is 25.7 Å². The maximum atomic E-state index is 12.5. The molecule has 0 spiro atoms. The lowest BCUT2D eigenvalue weighted by molar-refractivity contribution is -0.153. The zero-order chi connectivity index (χ0) is 33.6. The molecule has 1 atom stereocenters. The topological polar surface area (TPSA) is 63.6 Å². The first-order chi connectivity index (χ1) is 22.6. The highest BCUT2D eigenvalue weighted by atomic mass is 16.5. The van der Waals surface area contributed by atoms with E-state index in [1.807, 2.05) is 6.08 Å². The maximum Gasteiger partial charge on any atom is 0.309 e. The van der Waals surface area contributed by atoms with Crippen LogP contribution in [-0.4, -0.2) is 23.7 Å².